The van der Waals surface area contributed by atoms with Gasteiger partial charge >= 0.3 is 0 Å². The molecular weight excluding hydrogens is 462 g/mol. The van der Waals surface area contributed by atoms with Gasteiger partial charge in [0.15, 0.2) is 5.78 Å². The van der Waals surface area contributed by atoms with E-state index in [0.717, 1.165) is 16.6 Å². The SMILES string of the molecule is CC1=CC[C@H]2C(=O)N(N(CC(=O)c3ccc(Cl)cc3)C(=O)c3ccccc3[N+](=O)[O-])C(=O)[C@@H]2C1. The molecule has 1 fully saturated rings. The van der Waals surface area contributed by atoms with Gasteiger partial charge in [0.1, 0.15) is 12.1 Å². The van der Waals surface area contributed by atoms with Crippen molar-refractivity contribution >= 4 is 40.8 Å². The number of carbonyl (C=O) groups excluding carboxylic acids is 4. The van der Waals surface area contributed by atoms with Crippen LogP contribution in [-0.4, -0.2) is 45.0 Å². The number of carbonyl (C=O) groups is 4. The maximum absolute atomic E-state index is 13.5. The average molecular weight is 482 g/mol. The van der Waals surface area contributed by atoms with Crippen molar-refractivity contribution in [1.29, 1.82) is 0 Å². The largest absolute Gasteiger partial charge is 0.292 e. The molecule has 1 saturated heterocycles. The number of fused-ring (bicyclic) bond motifs is 1. The van der Waals surface area contributed by atoms with E-state index in [1.807, 2.05) is 13.0 Å². The Morgan fingerprint density at radius 2 is 1.74 bits per heavy atom. The fourth-order valence-corrected chi connectivity index (χ4v) is 4.43. The van der Waals surface area contributed by atoms with E-state index in [4.69, 9.17) is 11.6 Å². The van der Waals surface area contributed by atoms with Crippen LogP contribution in [0.5, 0.6) is 0 Å². The standard InChI is InChI=1S/C24H20ClN3O6/c1-14-6-11-17-19(12-14)24(32)27(23(17)31)26(13-21(29)15-7-9-16(25)10-8-15)22(30)18-4-2-3-5-20(18)28(33)34/h2-10,17,19H,11-13H2,1H3/t17-,19-/m1/s1. The first-order chi connectivity index (χ1) is 16.2. The molecule has 0 saturated carbocycles. The lowest BCUT2D eigenvalue weighted by atomic mass is 9.82. The Bertz CT molecular complexity index is 1240. The van der Waals surface area contributed by atoms with Crippen LogP contribution in [0, 0.1) is 22.0 Å². The average Bonchev–Trinajstić information content (AvgIpc) is 3.06. The fraction of sp³-hybridized carbons (Fsp3) is 0.250. The summed E-state index contributed by atoms with van der Waals surface area (Å²) in [5.41, 5.74) is 0.337. The highest BCUT2D eigenvalue weighted by molar-refractivity contribution is 6.30. The van der Waals surface area contributed by atoms with Gasteiger partial charge in [-0.1, -0.05) is 35.4 Å². The number of nitro groups is 1. The molecule has 0 N–H and O–H groups in total. The van der Waals surface area contributed by atoms with Crippen molar-refractivity contribution in [1.82, 2.24) is 10.0 Å². The number of hydrogen-bond donors (Lipinski definition) is 0. The fourth-order valence-electron chi connectivity index (χ4n) is 4.31. The van der Waals surface area contributed by atoms with Gasteiger partial charge in [0.2, 0.25) is 0 Å². The molecule has 2 atom stereocenters. The molecule has 0 aromatic heterocycles. The number of Topliss-reactive ketones (excluding diaryl/α,β-unsaturated/α-hetero) is 1. The topological polar surface area (TPSA) is 118 Å². The Morgan fingerprint density at radius 1 is 1.09 bits per heavy atom. The molecule has 0 bridgehead atoms. The molecule has 10 heteroatoms. The van der Waals surface area contributed by atoms with Gasteiger partial charge < -0.3 is 0 Å². The van der Waals surface area contributed by atoms with Crippen molar-refractivity contribution < 1.29 is 24.1 Å². The minimum absolute atomic E-state index is 0.207. The summed E-state index contributed by atoms with van der Waals surface area (Å²) in [5, 5.41) is 13.4. The van der Waals surface area contributed by atoms with Crippen LogP contribution in [0.3, 0.4) is 0 Å². The van der Waals surface area contributed by atoms with E-state index in [2.05, 4.69) is 0 Å². The molecule has 0 radical (unpaired) electrons. The van der Waals surface area contributed by atoms with Crippen molar-refractivity contribution in [2.75, 3.05) is 6.54 Å². The van der Waals surface area contributed by atoms with Gasteiger partial charge in [0.05, 0.1) is 16.8 Å². The molecule has 2 aromatic carbocycles. The molecule has 2 aliphatic rings. The molecule has 0 spiro atoms. The third-order valence-corrected chi connectivity index (χ3v) is 6.32. The number of hydrazine groups is 1. The Hall–Kier alpha value is -3.85. The first-order valence-electron chi connectivity index (χ1n) is 10.6. The van der Waals surface area contributed by atoms with Crippen LogP contribution in [0.2, 0.25) is 5.02 Å². The maximum Gasteiger partial charge on any atom is 0.282 e. The minimum Gasteiger partial charge on any atom is -0.292 e. The Morgan fingerprint density at radius 3 is 2.41 bits per heavy atom. The maximum atomic E-state index is 13.5. The number of ketones is 1. The highest BCUT2D eigenvalue weighted by Gasteiger charge is 2.52. The summed E-state index contributed by atoms with van der Waals surface area (Å²) in [4.78, 5) is 63.9. The normalized spacial score (nSPS) is 19.5. The van der Waals surface area contributed by atoms with Gasteiger partial charge in [-0.3, -0.25) is 29.3 Å². The van der Waals surface area contributed by atoms with E-state index in [9.17, 15) is 29.3 Å². The number of para-hydroxylation sites is 1. The first-order valence-corrected chi connectivity index (χ1v) is 10.9. The number of rotatable bonds is 6. The summed E-state index contributed by atoms with van der Waals surface area (Å²) in [6, 6.07) is 11.1. The lowest BCUT2D eigenvalue weighted by molar-refractivity contribution is -0.385. The third-order valence-electron chi connectivity index (χ3n) is 6.07. The Labute approximate surface area is 199 Å². The van der Waals surface area contributed by atoms with Gasteiger partial charge in [-0.05, 0) is 50.1 Å². The van der Waals surface area contributed by atoms with Crippen molar-refractivity contribution in [3.63, 3.8) is 0 Å². The van der Waals surface area contributed by atoms with Crippen LogP contribution in [-0.2, 0) is 9.59 Å². The lowest BCUT2D eigenvalue weighted by Crippen LogP contribution is -2.52. The molecule has 34 heavy (non-hydrogen) atoms. The number of amides is 3. The lowest BCUT2D eigenvalue weighted by Gasteiger charge is -2.30. The van der Waals surface area contributed by atoms with Crippen LogP contribution in [0.1, 0.15) is 40.5 Å². The number of hydrogen-bond acceptors (Lipinski definition) is 6. The van der Waals surface area contributed by atoms with Gasteiger partial charge in [0, 0.05) is 16.7 Å². The van der Waals surface area contributed by atoms with E-state index in [1.165, 1.54) is 42.5 Å². The highest BCUT2D eigenvalue weighted by Crippen LogP contribution is 2.39. The summed E-state index contributed by atoms with van der Waals surface area (Å²) in [6.07, 6.45) is 2.59. The first kappa shape index (κ1) is 23.3. The van der Waals surface area contributed by atoms with Crippen molar-refractivity contribution in [3.8, 4) is 0 Å². The predicted molar refractivity (Wildman–Crippen MR) is 122 cm³/mol. The number of benzene rings is 2. The minimum atomic E-state index is -0.986. The quantitative estimate of drug-likeness (QED) is 0.203. The van der Waals surface area contributed by atoms with Crippen molar-refractivity contribution in [3.05, 3.63) is 86.4 Å². The van der Waals surface area contributed by atoms with Gasteiger partial charge in [-0.2, -0.15) is 5.01 Å². The summed E-state index contributed by atoms with van der Waals surface area (Å²) in [5.74, 6) is -4.05. The zero-order chi connectivity index (χ0) is 24.6. The molecule has 2 aromatic rings. The summed E-state index contributed by atoms with van der Waals surface area (Å²) < 4.78 is 0. The molecular formula is C24H20ClN3O6. The van der Waals surface area contributed by atoms with E-state index in [1.54, 1.807) is 0 Å². The molecule has 9 nitrogen and oxygen atoms in total. The third kappa shape index (κ3) is 4.22. The highest BCUT2D eigenvalue weighted by atomic mass is 35.5. The summed E-state index contributed by atoms with van der Waals surface area (Å²) in [7, 11) is 0. The van der Waals surface area contributed by atoms with Crippen LogP contribution in [0.4, 0.5) is 5.69 Å². The molecule has 0 unspecified atom stereocenters. The van der Waals surface area contributed by atoms with Crippen molar-refractivity contribution in [2.45, 2.75) is 19.8 Å². The van der Waals surface area contributed by atoms with E-state index < -0.39 is 52.5 Å². The second-order valence-corrected chi connectivity index (χ2v) is 8.70. The number of imide groups is 1. The van der Waals surface area contributed by atoms with Crippen LogP contribution in [0.15, 0.2) is 60.2 Å². The van der Waals surface area contributed by atoms with Gasteiger partial charge in [-0.15, -0.1) is 0 Å². The van der Waals surface area contributed by atoms with E-state index >= 15 is 0 Å². The number of allylic oxidation sites excluding steroid dienone is 2. The van der Waals surface area contributed by atoms with E-state index in [0.29, 0.717) is 22.9 Å². The number of nitro benzene ring substituents is 1. The molecule has 174 valence electrons. The number of nitrogens with zero attached hydrogens (tertiary/aromatic N) is 3. The monoisotopic (exact) mass is 481 g/mol. The predicted octanol–water partition coefficient (Wildman–Crippen LogP) is 3.83. The number of halogens is 1. The van der Waals surface area contributed by atoms with E-state index in [-0.39, 0.29) is 11.1 Å². The molecule has 3 amide bonds. The summed E-state index contributed by atoms with van der Waals surface area (Å²) in [6.45, 7) is 1.20. The van der Waals surface area contributed by atoms with Crippen LogP contribution < -0.4 is 0 Å². The molecule has 1 aliphatic carbocycles. The zero-order valence-corrected chi connectivity index (χ0v) is 18.9. The molecule has 4 rings (SSSR count). The van der Waals surface area contributed by atoms with Crippen LogP contribution >= 0.6 is 11.6 Å². The second-order valence-electron chi connectivity index (χ2n) is 8.26. The Kier molecular flexibility index (Phi) is 6.30. The van der Waals surface area contributed by atoms with Crippen molar-refractivity contribution in [2.24, 2.45) is 11.8 Å². The molecule has 1 heterocycles. The Balaban J connectivity index is 1.74. The second kappa shape index (κ2) is 9.18. The van der Waals surface area contributed by atoms with Gasteiger partial charge in [-0.25, -0.2) is 5.01 Å². The molecule has 1 aliphatic heterocycles. The van der Waals surface area contributed by atoms with Crippen LogP contribution in [0.25, 0.3) is 0 Å². The smallest absolute Gasteiger partial charge is 0.282 e. The zero-order valence-electron chi connectivity index (χ0n) is 18.1. The van der Waals surface area contributed by atoms with Gasteiger partial charge in [0.25, 0.3) is 23.4 Å². The summed E-state index contributed by atoms with van der Waals surface area (Å²) >= 11 is 5.88.